The minimum Gasteiger partial charge on any atom is -0.226 e. The molecule has 4 aromatic carbocycles. The largest absolute Gasteiger partial charge is 0.226 e. The second-order valence-corrected chi connectivity index (χ2v) is 16.0. The molecule has 0 aliphatic rings. The summed E-state index contributed by atoms with van der Waals surface area (Å²) in [6.45, 7) is 0.921. The first-order valence-electron chi connectivity index (χ1n) is 15.4. The number of hydrogen-bond donors (Lipinski definition) is 0. The van der Waals surface area contributed by atoms with E-state index in [9.17, 15) is 0 Å². The number of benzene rings is 4. The first kappa shape index (κ1) is 34.7. The van der Waals surface area contributed by atoms with Crippen molar-refractivity contribution < 1.29 is 0 Å². The van der Waals surface area contributed by atoms with Crippen LogP contribution in [0.1, 0.15) is 11.1 Å². The normalized spacial score (nSPS) is 11.4. The zero-order valence-electron chi connectivity index (χ0n) is 26.5. The molecule has 0 N–H and O–H groups in total. The molecule has 0 bridgehead atoms. The number of nitrogens with zero attached hydrogens (tertiary/aromatic N) is 12. The van der Waals surface area contributed by atoms with E-state index in [1.807, 2.05) is 106 Å². The summed E-state index contributed by atoms with van der Waals surface area (Å²) in [5.74, 6) is 0.869. The molecule has 52 heavy (non-hydrogen) atoms. The van der Waals surface area contributed by atoms with Gasteiger partial charge in [0.15, 0.2) is 0 Å². The lowest BCUT2D eigenvalue weighted by molar-refractivity contribution is 0.572. The van der Waals surface area contributed by atoms with Crippen LogP contribution in [-0.2, 0) is 13.1 Å². The molecule has 0 atom stereocenters. The average Bonchev–Trinajstić information content (AvgIpc) is 3.97. The zero-order valence-corrected chi connectivity index (χ0v) is 32.8. The molecule has 0 aliphatic heterocycles. The van der Waals surface area contributed by atoms with Crippen molar-refractivity contribution in [2.75, 3.05) is 0 Å². The van der Waals surface area contributed by atoms with Crippen molar-refractivity contribution >= 4 is 76.6 Å². The molecule has 0 fully saturated rings. The number of rotatable bonds is 11. The molecule has 0 radical (unpaired) electrons. The summed E-state index contributed by atoms with van der Waals surface area (Å²) in [5.41, 5.74) is 5.11. The van der Waals surface area contributed by atoms with Gasteiger partial charge in [-0.1, -0.05) is 79.3 Å². The van der Waals surface area contributed by atoms with Crippen molar-refractivity contribution in [2.45, 2.75) is 23.1 Å². The third-order valence-corrected chi connectivity index (χ3v) is 11.6. The lowest BCUT2D eigenvalue weighted by Gasteiger charge is -2.11. The summed E-state index contributed by atoms with van der Waals surface area (Å²) in [6, 6.07) is 30.9. The second-order valence-electron chi connectivity index (χ2n) is 11.2. The molecule has 4 aromatic heterocycles. The zero-order chi connectivity index (χ0) is 35.6. The molecule has 258 valence electrons. The predicted octanol–water partition coefficient (Wildman–Crippen LogP) is 9.09. The highest BCUT2D eigenvalue weighted by Gasteiger charge is 2.24. The molecule has 0 unspecified atom stereocenters. The standard InChI is InChI=1S/C34H22Br2Cl2N12S2/c35-23-5-1-21(2-6-23)19-47-43-31(41-45-47)29-17-39-49(27-13-9-25(37)10-14-27)33(29)51-52-34-30(18-40-50(34)28-15-11-26(38)12-16-28)32-42-46-48(44-32)20-22-3-7-24(36)8-4-22/h1-18H,19-20H2. The van der Waals surface area contributed by atoms with Crippen molar-refractivity contribution in [1.29, 1.82) is 0 Å². The number of aromatic nitrogens is 12. The second kappa shape index (κ2) is 15.3. The molecular weight excluding hydrogens is 871 g/mol. The van der Waals surface area contributed by atoms with Gasteiger partial charge in [0.2, 0.25) is 11.6 Å². The third kappa shape index (κ3) is 7.72. The van der Waals surface area contributed by atoms with Crippen molar-refractivity contribution in [2.24, 2.45) is 0 Å². The summed E-state index contributed by atoms with van der Waals surface area (Å²) in [6.07, 6.45) is 3.48. The molecule has 0 saturated heterocycles. The van der Waals surface area contributed by atoms with Gasteiger partial charge in [-0.05, 0) is 116 Å². The summed E-state index contributed by atoms with van der Waals surface area (Å²) < 4.78 is 5.65. The summed E-state index contributed by atoms with van der Waals surface area (Å²) in [4.78, 5) is 3.13. The monoisotopic (exact) mass is 890 g/mol. The van der Waals surface area contributed by atoms with Crippen molar-refractivity contribution in [3.63, 3.8) is 0 Å². The first-order valence-corrected chi connectivity index (χ1v) is 19.9. The molecule has 8 aromatic rings. The predicted molar refractivity (Wildman–Crippen MR) is 209 cm³/mol. The van der Waals surface area contributed by atoms with E-state index in [0.29, 0.717) is 45.9 Å². The molecule has 4 heterocycles. The minimum absolute atomic E-state index is 0.435. The fourth-order valence-corrected chi connectivity index (χ4v) is 8.38. The van der Waals surface area contributed by atoms with Gasteiger partial charge in [0.05, 0.1) is 48.0 Å². The molecule has 0 spiro atoms. The highest BCUT2D eigenvalue weighted by atomic mass is 79.9. The smallest absolute Gasteiger partial charge is 0.209 e. The van der Waals surface area contributed by atoms with Gasteiger partial charge in [-0.15, -0.1) is 20.4 Å². The highest BCUT2D eigenvalue weighted by molar-refractivity contribution is 9.10. The number of halogens is 4. The van der Waals surface area contributed by atoms with E-state index in [1.54, 1.807) is 22.0 Å². The SMILES string of the molecule is Clc1ccc(-n2ncc(-c3nnn(Cc4ccc(Br)cc4)n3)c2SSc2c(-c3nnn(Cc4ccc(Br)cc4)n3)cnn2-c2ccc(Cl)cc2)cc1. The Morgan fingerprint density at radius 2 is 0.904 bits per heavy atom. The lowest BCUT2D eigenvalue weighted by Crippen LogP contribution is -2.04. The van der Waals surface area contributed by atoms with Gasteiger partial charge < -0.3 is 0 Å². The van der Waals surface area contributed by atoms with Crippen LogP contribution in [0.25, 0.3) is 34.2 Å². The van der Waals surface area contributed by atoms with E-state index in [0.717, 1.165) is 41.5 Å². The maximum Gasteiger partial charge on any atom is 0.209 e. The molecule has 0 amide bonds. The molecule has 18 heteroatoms. The van der Waals surface area contributed by atoms with Crippen LogP contribution in [0.5, 0.6) is 0 Å². The Bertz CT molecular complexity index is 2290. The van der Waals surface area contributed by atoms with Crippen LogP contribution in [0.3, 0.4) is 0 Å². The van der Waals surface area contributed by atoms with E-state index in [4.69, 9.17) is 43.6 Å². The summed E-state index contributed by atoms with van der Waals surface area (Å²) in [7, 11) is 2.93. The molecular formula is C34H22Br2Cl2N12S2. The Morgan fingerprint density at radius 1 is 0.519 bits per heavy atom. The molecule has 0 saturated carbocycles. The maximum absolute atomic E-state index is 6.25. The van der Waals surface area contributed by atoms with E-state index >= 15 is 0 Å². The van der Waals surface area contributed by atoms with Crippen LogP contribution in [-0.4, -0.2) is 60.0 Å². The van der Waals surface area contributed by atoms with Gasteiger partial charge in [0.1, 0.15) is 10.1 Å². The van der Waals surface area contributed by atoms with E-state index in [-0.39, 0.29) is 0 Å². The minimum atomic E-state index is 0.435. The average molecular weight is 893 g/mol. The van der Waals surface area contributed by atoms with Gasteiger partial charge in [-0.3, -0.25) is 0 Å². The van der Waals surface area contributed by atoms with E-state index in [2.05, 4.69) is 52.5 Å². The fraction of sp³-hybridized carbons (Fsp3) is 0.0588. The number of tetrazole rings is 2. The van der Waals surface area contributed by atoms with Gasteiger partial charge in [-0.2, -0.15) is 19.8 Å². The molecule has 0 aliphatic carbocycles. The molecule has 12 nitrogen and oxygen atoms in total. The van der Waals surface area contributed by atoms with Gasteiger partial charge in [0, 0.05) is 19.0 Å². The van der Waals surface area contributed by atoms with Gasteiger partial charge >= 0.3 is 0 Å². The van der Waals surface area contributed by atoms with Crippen LogP contribution >= 0.6 is 76.6 Å². The van der Waals surface area contributed by atoms with Crippen molar-refractivity contribution in [3.8, 4) is 34.2 Å². The van der Waals surface area contributed by atoms with Gasteiger partial charge in [-0.25, -0.2) is 9.36 Å². The van der Waals surface area contributed by atoms with Crippen molar-refractivity contribution in [1.82, 2.24) is 60.0 Å². The van der Waals surface area contributed by atoms with Crippen molar-refractivity contribution in [3.05, 3.63) is 140 Å². The Labute approximate surface area is 331 Å². The number of hydrogen-bond acceptors (Lipinski definition) is 10. The van der Waals surface area contributed by atoms with Gasteiger partial charge in [0.25, 0.3) is 0 Å². The van der Waals surface area contributed by atoms with E-state index in [1.165, 1.54) is 21.6 Å². The van der Waals surface area contributed by atoms with Crippen LogP contribution in [0.4, 0.5) is 0 Å². The van der Waals surface area contributed by atoms with Crippen LogP contribution in [0, 0.1) is 0 Å². The van der Waals surface area contributed by atoms with Crippen LogP contribution < -0.4 is 0 Å². The maximum atomic E-state index is 6.25. The quantitative estimate of drug-likeness (QED) is 0.116. The lowest BCUT2D eigenvalue weighted by atomic mass is 10.2. The Kier molecular flexibility index (Phi) is 10.3. The van der Waals surface area contributed by atoms with Crippen LogP contribution in [0.2, 0.25) is 10.0 Å². The van der Waals surface area contributed by atoms with E-state index < -0.39 is 0 Å². The topological polar surface area (TPSA) is 123 Å². The first-order chi connectivity index (χ1) is 25.4. The Balaban J connectivity index is 1.15. The molecule has 8 rings (SSSR count). The van der Waals surface area contributed by atoms with Crippen LogP contribution in [0.15, 0.2) is 128 Å². The summed E-state index contributed by atoms with van der Waals surface area (Å²) >= 11 is 19.5. The Morgan fingerprint density at radius 3 is 1.29 bits per heavy atom. The highest BCUT2D eigenvalue weighted by Crippen LogP contribution is 2.45. The fourth-order valence-electron chi connectivity index (χ4n) is 5.10. The summed E-state index contributed by atoms with van der Waals surface area (Å²) in [5, 5.41) is 39.3. The third-order valence-electron chi connectivity index (χ3n) is 7.65. The Hall–Kier alpha value is -4.32.